The molecule has 0 aliphatic rings. The second-order valence-corrected chi connectivity index (χ2v) is 5.84. The fourth-order valence-corrected chi connectivity index (χ4v) is 2.30. The number of rotatable bonds is 6. The molecule has 0 atom stereocenters. The molecular formula is C20H23N3O3. The van der Waals surface area contributed by atoms with Crippen molar-refractivity contribution < 1.29 is 14.3 Å². The van der Waals surface area contributed by atoms with E-state index in [1.807, 2.05) is 63.2 Å². The van der Waals surface area contributed by atoms with E-state index in [1.54, 1.807) is 0 Å². The van der Waals surface area contributed by atoms with E-state index in [1.165, 1.54) is 6.21 Å². The van der Waals surface area contributed by atoms with Crippen LogP contribution in [0, 0.1) is 13.8 Å². The van der Waals surface area contributed by atoms with Crippen molar-refractivity contribution in [2.24, 2.45) is 5.10 Å². The van der Waals surface area contributed by atoms with Crippen LogP contribution in [-0.2, 0) is 9.59 Å². The third-order valence-electron chi connectivity index (χ3n) is 3.64. The number of hydrogen-bond donors (Lipinski definition) is 2. The Labute approximate surface area is 153 Å². The maximum atomic E-state index is 12.0. The van der Waals surface area contributed by atoms with E-state index < -0.39 is 11.8 Å². The lowest BCUT2D eigenvalue weighted by atomic mass is 10.1. The van der Waals surface area contributed by atoms with E-state index in [0.717, 1.165) is 28.9 Å². The first-order valence-corrected chi connectivity index (χ1v) is 8.44. The zero-order valence-corrected chi connectivity index (χ0v) is 15.2. The molecule has 136 valence electrons. The molecule has 0 bridgehead atoms. The molecule has 0 saturated heterocycles. The zero-order valence-electron chi connectivity index (χ0n) is 15.2. The van der Waals surface area contributed by atoms with E-state index >= 15 is 0 Å². The molecule has 0 aliphatic heterocycles. The molecule has 0 aromatic heterocycles. The molecule has 0 saturated carbocycles. The van der Waals surface area contributed by atoms with Crippen molar-refractivity contribution in [2.45, 2.75) is 27.2 Å². The van der Waals surface area contributed by atoms with E-state index in [-0.39, 0.29) is 0 Å². The van der Waals surface area contributed by atoms with E-state index in [0.29, 0.717) is 12.3 Å². The molecule has 0 heterocycles. The average molecular weight is 353 g/mol. The van der Waals surface area contributed by atoms with Gasteiger partial charge in [0.2, 0.25) is 0 Å². The summed E-state index contributed by atoms with van der Waals surface area (Å²) in [6, 6.07) is 12.9. The number of para-hydroxylation sites is 1. The molecule has 26 heavy (non-hydrogen) atoms. The average Bonchev–Trinajstić information content (AvgIpc) is 2.63. The first-order valence-electron chi connectivity index (χ1n) is 8.44. The molecule has 2 aromatic rings. The van der Waals surface area contributed by atoms with Crippen molar-refractivity contribution in [3.63, 3.8) is 0 Å². The molecule has 6 nitrogen and oxygen atoms in total. The summed E-state index contributed by atoms with van der Waals surface area (Å²) >= 11 is 0. The highest BCUT2D eigenvalue weighted by atomic mass is 16.5. The zero-order chi connectivity index (χ0) is 18.9. The SMILES string of the molecule is CCCOc1cccc(/C=N\NC(=O)C(=O)Nc2c(C)cccc2C)c1. The minimum atomic E-state index is -0.831. The van der Waals surface area contributed by atoms with Gasteiger partial charge in [-0.1, -0.05) is 37.3 Å². The number of anilines is 1. The summed E-state index contributed by atoms with van der Waals surface area (Å²) in [5, 5.41) is 6.44. The molecule has 0 radical (unpaired) electrons. The van der Waals surface area contributed by atoms with Crippen molar-refractivity contribution in [1.82, 2.24) is 5.43 Å². The molecule has 2 aromatic carbocycles. The van der Waals surface area contributed by atoms with Crippen LogP contribution in [0.2, 0.25) is 0 Å². The minimum Gasteiger partial charge on any atom is -0.494 e. The molecule has 0 fully saturated rings. The van der Waals surface area contributed by atoms with Crippen LogP contribution in [0.15, 0.2) is 47.6 Å². The molecule has 6 heteroatoms. The molecule has 2 N–H and O–H groups in total. The van der Waals surface area contributed by atoms with Crippen LogP contribution in [0.25, 0.3) is 0 Å². The Morgan fingerprint density at radius 1 is 1.08 bits per heavy atom. The second kappa shape index (κ2) is 9.36. The van der Waals surface area contributed by atoms with Gasteiger partial charge in [0.25, 0.3) is 0 Å². The van der Waals surface area contributed by atoms with Gasteiger partial charge in [-0.05, 0) is 49.1 Å². The summed E-state index contributed by atoms with van der Waals surface area (Å²) in [6.07, 6.45) is 2.38. The molecule has 0 unspecified atom stereocenters. The van der Waals surface area contributed by atoms with Gasteiger partial charge in [0.15, 0.2) is 0 Å². The fourth-order valence-electron chi connectivity index (χ4n) is 2.30. The van der Waals surface area contributed by atoms with Gasteiger partial charge in [0.05, 0.1) is 12.8 Å². The molecule has 0 spiro atoms. The largest absolute Gasteiger partial charge is 0.494 e. The number of hydrogen-bond acceptors (Lipinski definition) is 4. The summed E-state index contributed by atoms with van der Waals surface area (Å²) < 4.78 is 5.54. The lowest BCUT2D eigenvalue weighted by Crippen LogP contribution is -2.32. The topological polar surface area (TPSA) is 79.8 Å². The monoisotopic (exact) mass is 353 g/mol. The predicted molar refractivity (Wildman–Crippen MR) is 103 cm³/mol. The van der Waals surface area contributed by atoms with E-state index in [4.69, 9.17) is 4.74 Å². The van der Waals surface area contributed by atoms with Crippen molar-refractivity contribution >= 4 is 23.7 Å². The first-order chi connectivity index (χ1) is 12.5. The smallest absolute Gasteiger partial charge is 0.329 e. The third kappa shape index (κ3) is 5.44. The number of nitrogens with one attached hydrogen (secondary N) is 2. The van der Waals surface area contributed by atoms with Gasteiger partial charge in [-0.25, -0.2) is 5.43 Å². The quantitative estimate of drug-likeness (QED) is 0.475. The van der Waals surface area contributed by atoms with Crippen molar-refractivity contribution in [1.29, 1.82) is 0 Å². The normalized spacial score (nSPS) is 10.6. The number of carbonyl (C=O) groups excluding carboxylic acids is 2. The van der Waals surface area contributed by atoms with Crippen molar-refractivity contribution in [3.05, 3.63) is 59.2 Å². The number of nitrogens with zero attached hydrogens (tertiary/aromatic N) is 1. The van der Waals surface area contributed by atoms with E-state index in [2.05, 4.69) is 15.8 Å². The van der Waals surface area contributed by atoms with Crippen LogP contribution >= 0.6 is 0 Å². The molecule has 2 rings (SSSR count). The van der Waals surface area contributed by atoms with Crippen LogP contribution < -0.4 is 15.5 Å². The first kappa shape index (κ1) is 19.2. The van der Waals surface area contributed by atoms with Gasteiger partial charge in [0.1, 0.15) is 5.75 Å². The Morgan fingerprint density at radius 2 is 1.77 bits per heavy atom. The van der Waals surface area contributed by atoms with Crippen LogP contribution in [0.5, 0.6) is 5.75 Å². The summed E-state index contributed by atoms with van der Waals surface area (Å²) in [4.78, 5) is 23.9. The van der Waals surface area contributed by atoms with Crippen LogP contribution in [0.3, 0.4) is 0 Å². The van der Waals surface area contributed by atoms with Crippen molar-refractivity contribution in [3.8, 4) is 5.75 Å². The highest BCUT2D eigenvalue weighted by Crippen LogP contribution is 2.19. The van der Waals surface area contributed by atoms with Gasteiger partial charge in [-0.2, -0.15) is 5.10 Å². The highest BCUT2D eigenvalue weighted by Gasteiger charge is 2.15. The Kier molecular flexibility index (Phi) is 6.91. The van der Waals surface area contributed by atoms with Gasteiger partial charge in [-0.3, -0.25) is 9.59 Å². The van der Waals surface area contributed by atoms with Gasteiger partial charge >= 0.3 is 11.8 Å². The fraction of sp³-hybridized carbons (Fsp3) is 0.250. The summed E-state index contributed by atoms with van der Waals surface area (Å²) in [7, 11) is 0. The maximum absolute atomic E-state index is 12.0. The number of carbonyl (C=O) groups is 2. The maximum Gasteiger partial charge on any atom is 0.329 e. The van der Waals surface area contributed by atoms with Gasteiger partial charge in [0, 0.05) is 5.69 Å². The number of benzene rings is 2. The standard InChI is InChI=1S/C20H23N3O3/c1-4-11-26-17-10-6-9-16(12-17)13-21-23-20(25)19(24)22-18-14(2)7-5-8-15(18)3/h5-10,12-13H,4,11H2,1-3H3,(H,22,24)(H,23,25)/b21-13-. The Bertz CT molecular complexity index is 795. The van der Waals surface area contributed by atoms with Gasteiger partial charge in [-0.15, -0.1) is 0 Å². The molecule has 0 aliphatic carbocycles. The van der Waals surface area contributed by atoms with Crippen LogP contribution in [0.4, 0.5) is 5.69 Å². The van der Waals surface area contributed by atoms with E-state index in [9.17, 15) is 9.59 Å². The lowest BCUT2D eigenvalue weighted by molar-refractivity contribution is -0.136. The predicted octanol–water partition coefficient (Wildman–Crippen LogP) is 3.18. The molecular weight excluding hydrogens is 330 g/mol. The Morgan fingerprint density at radius 3 is 2.46 bits per heavy atom. The number of aryl methyl sites for hydroxylation is 2. The number of ether oxygens (including phenoxy) is 1. The summed E-state index contributed by atoms with van der Waals surface area (Å²) in [5.41, 5.74) is 5.40. The Balaban J connectivity index is 1.93. The van der Waals surface area contributed by atoms with Crippen molar-refractivity contribution in [2.75, 3.05) is 11.9 Å². The summed E-state index contributed by atoms with van der Waals surface area (Å²) in [6.45, 7) is 6.40. The lowest BCUT2D eigenvalue weighted by Gasteiger charge is -2.10. The molecule has 2 amide bonds. The second-order valence-electron chi connectivity index (χ2n) is 5.84. The summed E-state index contributed by atoms with van der Waals surface area (Å²) in [5.74, 6) is -0.864. The highest BCUT2D eigenvalue weighted by molar-refractivity contribution is 6.39. The third-order valence-corrected chi connectivity index (χ3v) is 3.64. The van der Waals surface area contributed by atoms with Crippen LogP contribution in [0.1, 0.15) is 30.0 Å². The number of hydrazone groups is 1. The minimum absolute atomic E-state index is 0.635. The van der Waals surface area contributed by atoms with Gasteiger partial charge < -0.3 is 10.1 Å². The number of amides is 2. The van der Waals surface area contributed by atoms with Crippen LogP contribution in [-0.4, -0.2) is 24.6 Å². The Hall–Kier alpha value is -3.15.